The second-order valence-electron chi connectivity index (χ2n) is 11.2. The zero-order valence-electron chi connectivity index (χ0n) is 14.7. The van der Waals surface area contributed by atoms with Crippen LogP contribution in [0.25, 0.3) is 0 Å². The van der Waals surface area contributed by atoms with Crippen LogP contribution in [0.1, 0.15) is 78.1 Å². The summed E-state index contributed by atoms with van der Waals surface area (Å²) in [6, 6.07) is 0. The summed E-state index contributed by atoms with van der Waals surface area (Å²) in [4.78, 5) is 0. The molecule has 0 aliphatic heterocycles. The van der Waals surface area contributed by atoms with Crippen molar-refractivity contribution in [2.24, 2.45) is 58.2 Å². The fourth-order valence-corrected chi connectivity index (χ4v) is 10.1. The Kier molecular flexibility index (Phi) is 2.40. The van der Waals surface area contributed by atoms with Crippen LogP contribution in [-0.2, 0) is 0 Å². The molecule has 0 atom stereocenters. The maximum absolute atomic E-state index is 2.82. The van der Waals surface area contributed by atoms with Crippen molar-refractivity contribution in [3.8, 4) is 0 Å². The first-order valence-electron chi connectivity index (χ1n) is 10.6. The SMILES string of the molecule is CC1(C2(C)C3CC4CC(C3)CC2C4)C2CC3CC(C2)CC1C3. The van der Waals surface area contributed by atoms with E-state index in [4.69, 9.17) is 0 Å². The summed E-state index contributed by atoms with van der Waals surface area (Å²) < 4.78 is 0. The zero-order chi connectivity index (χ0) is 14.7. The van der Waals surface area contributed by atoms with Gasteiger partial charge in [-0.2, -0.15) is 0 Å². The monoisotopic (exact) mass is 298 g/mol. The number of hydrogen-bond donors (Lipinski definition) is 0. The van der Waals surface area contributed by atoms with Crippen molar-refractivity contribution in [2.75, 3.05) is 0 Å². The Hall–Kier alpha value is 0. The molecule has 22 heavy (non-hydrogen) atoms. The number of rotatable bonds is 1. The van der Waals surface area contributed by atoms with Gasteiger partial charge in [0.25, 0.3) is 0 Å². The van der Waals surface area contributed by atoms with Crippen LogP contribution >= 0.6 is 0 Å². The molecule has 0 radical (unpaired) electrons. The molecule has 8 bridgehead atoms. The molecule has 8 saturated carbocycles. The molecule has 0 amide bonds. The Morgan fingerprint density at radius 1 is 0.409 bits per heavy atom. The van der Waals surface area contributed by atoms with Crippen molar-refractivity contribution in [3.05, 3.63) is 0 Å². The largest absolute Gasteiger partial charge is 0.0586 e. The van der Waals surface area contributed by atoms with Gasteiger partial charge in [0.05, 0.1) is 0 Å². The van der Waals surface area contributed by atoms with Crippen molar-refractivity contribution in [1.82, 2.24) is 0 Å². The summed E-state index contributed by atoms with van der Waals surface area (Å²) in [5, 5.41) is 0. The lowest BCUT2D eigenvalue weighted by atomic mass is 9.31. The van der Waals surface area contributed by atoms with Crippen LogP contribution in [0.4, 0.5) is 0 Å². The normalized spacial score (nSPS) is 67.9. The minimum absolute atomic E-state index is 0.711. The van der Waals surface area contributed by atoms with E-state index in [9.17, 15) is 0 Å². The molecular formula is C22H34. The summed E-state index contributed by atoms with van der Waals surface area (Å²) >= 11 is 0. The van der Waals surface area contributed by atoms with Crippen molar-refractivity contribution < 1.29 is 0 Å². The van der Waals surface area contributed by atoms with Crippen LogP contribution in [0.15, 0.2) is 0 Å². The van der Waals surface area contributed by atoms with E-state index in [2.05, 4.69) is 13.8 Å². The fourth-order valence-electron chi connectivity index (χ4n) is 10.1. The van der Waals surface area contributed by atoms with Crippen molar-refractivity contribution in [3.63, 3.8) is 0 Å². The smallest absolute Gasteiger partial charge is 0.0210 e. The second-order valence-corrected chi connectivity index (χ2v) is 11.2. The van der Waals surface area contributed by atoms with E-state index in [1.807, 2.05) is 0 Å². The molecule has 0 aromatic heterocycles. The first-order chi connectivity index (χ1) is 10.6. The molecule has 0 nitrogen and oxygen atoms in total. The summed E-state index contributed by atoms with van der Waals surface area (Å²) in [5.41, 5.74) is 1.42. The number of hydrogen-bond acceptors (Lipinski definition) is 0. The molecule has 0 unspecified atom stereocenters. The third-order valence-corrected chi connectivity index (χ3v) is 10.8. The van der Waals surface area contributed by atoms with Gasteiger partial charge in [0, 0.05) is 0 Å². The summed E-state index contributed by atoms with van der Waals surface area (Å²) in [7, 11) is 0. The lowest BCUT2D eigenvalue weighted by Crippen LogP contribution is -2.66. The fraction of sp³-hybridized carbons (Fsp3) is 1.00. The highest BCUT2D eigenvalue weighted by Gasteiger charge is 2.68. The molecule has 122 valence electrons. The van der Waals surface area contributed by atoms with E-state index in [0.717, 1.165) is 47.3 Å². The standard InChI is InChI=1S/C22H34/c1-21(17-5-13-3-14(7-17)8-18(21)6-13)22(2)19-9-15-4-16(11-19)12-20(22)10-15/h13-20H,3-12H2,1-2H3. The molecular weight excluding hydrogens is 264 g/mol. The van der Waals surface area contributed by atoms with Crippen molar-refractivity contribution in [1.29, 1.82) is 0 Å². The Labute approximate surface area is 136 Å². The zero-order valence-corrected chi connectivity index (χ0v) is 14.7. The van der Waals surface area contributed by atoms with E-state index < -0.39 is 0 Å². The molecule has 0 aromatic carbocycles. The quantitative estimate of drug-likeness (QED) is 0.564. The Morgan fingerprint density at radius 2 is 0.636 bits per heavy atom. The topological polar surface area (TPSA) is 0 Å². The molecule has 0 N–H and O–H groups in total. The third-order valence-electron chi connectivity index (χ3n) is 10.8. The Morgan fingerprint density at radius 3 is 0.864 bits per heavy atom. The van der Waals surface area contributed by atoms with Gasteiger partial charge < -0.3 is 0 Å². The minimum Gasteiger partial charge on any atom is -0.0586 e. The van der Waals surface area contributed by atoms with E-state index in [1.54, 1.807) is 64.2 Å². The predicted octanol–water partition coefficient (Wildman–Crippen LogP) is 5.91. The highest BCUT2D eigenvalue weighted by molar-refractivity contribution is 5.17. The second kappa shape index (κ2) is 3.97. The van der Waals surface area contributed by atoms with Gasteiger partial charge in [-0.1, -0.05) is 13.8 Å². The van der Waals surface area contributed by atoms with Crippen LogP contribution in [-0.4, -0.2) is 0 Å². The average Bonchev–Trinajstić information content (AvgIpc) is 2.48. The summed E-state index contributed by atoms with van der Waals surface area (Å²) in [6.07, 6.45) is 16.1. The third kappa shape index (κ3) is 1.35. The summed E-state index contributed by atoms with van der Waals surface area (Å²) in [5.74, 6) is 8.95. The molecule has 0 heteroatoms. The first kappa shape index (κ1) is 13.3. The highest BCUT2D eigenvalue weighted by Crippen LogP contribution is 2.76. The molecule has 0 heterocycles. The molecule has 0 aromatic rings. The van der Waals surface area contributed by atoms with Crippen LogP contribution in [0.5, 0.6) is 0 Å². The van der Waals surface area contributed by atoms with Crippen molar-refractivity contribution in [2.45, 2.75) is 78.1 Å². The van der Waals surface area contributed by atoms with Gasteiger partial charge in [-0.05, 0) is 122 Å². The van der Waals surface area contributed by atoms with E-state index in [-0.39, 0.29) is 0 Å². The van der Waals surface area contributed by atoms with Gasteiger partial charge in [0.1, 0.15) is 0 Å². The van der Waals surface area contributed by atoms with Crippen molar-refractivity contribution >= 4 is 0 Å². The highest BCUT2D eigenvalue weighted by atomic mass is 14.7. The van der Waals surface area contributed by atoms with Crippen LogP contribution in [0.2, 0.25) is 0 Å². The van der Waals surface area contributed by atoms with Crippen LogP contribution < -0.4 is 0 Å². The Bertz CT molecular complexity index is 398. The first-order valence-corrected chi connectivity index (χ1v) is 10.6. The molecule has 8 fully saturated rings. The minimum atomic E-state index is 0.711. The average molecular weight is 299 g/mol. The maximum Gasteiger partial charge on any atom is -0.0210 e. The molecule has 8 aliphatic rings. The molecule has 8 aliphatic carbocycles. The Balaban J connectivity index is 1.45. The lowest BCUT2D eigenvalue weighted by Gasteiger charge is -2.73. The van der Waals surface area contributed by atoms with Gasteiger partial charge in [0.15, 0.2) is 0 Å². The molecule has 0 spiro atoms. The maximum atomic E-state index is 2.82. The van der Waals surface area contributed by atoms with Gasteiger partial charge in [-0.25, -0.2) is 0 Å². The van der Waals surface area contributed by atoms with Gasteiger partial charge >= 0.3 is 0 Å². The van der Waals surface area contributed by atoms with E-state index >= 15 is 0 Å². The van der Waals surface area contributed by atoms with Gasteiger partial charge in [-0.15, -0.1) is 0 Å². The van der Waals surface area contributed by atoms with Gasteiger partial charge in [-0.3, -0.25) is 0 Å². The summed E-state index contributed by atoms with van der Waals surface area (Å²) in [6.45, 7) is 5.64. The van der Waals surface area contributed by atoms with Gasteiger partial charge in [0.2, 0.25) is 0 Å². The van der Waals surface area contributed by atoms with Crippen LogP contribution in [0, 0.1) is 58.2 Å². The van der Waals surface area contributed by atoms with E-state index in [0.29, 0.717) is 10.8 Å². The van der Waals surface area contributed by atoms with Crippen LogP contribution in [0.3, 0.4) is 0 Å². The lowest BCUT2D eigenvalue weighted by molar-refractivity contribution is -0.245. The number of fused-ring (bicyclic) bond motifs is 1. The molecule has 8 rings (SSSR count). The molecule has 0 saturated heterocycles. The predicted molar refractivity (Wildman–Crippen MR) is 90.3 cm³/mol. The van der Waals surface area contributed by atoms with E-state index in [1.165, 1.54) is 0 Å².